The van der Waals surface area contributed by atoms with Gasteiger partial charge in [0.05, 0.1) is 0 Å². The van der Waals surface area contributed by atoms with Crippen molar-refractivity contribution >= 4 is 10.4 Å². The van der Waals surface area contributed by atoms with Gasteiger partial charge in [0.2, 0.25) is 0 Å². The Hall–Kier alpha value is 1.12. The Bertz CT molecular complexity index is 92.9. The fraction of sp³-hybridized carbons (Fsp3) is 0. The van der Waals surface area contributed by atoms with Crippen molar-refractivity contribution in [2.45, 2.75) is 0 Å². The van der Waals surface area contributed by atoms with E-state index in [-0.39, 0.29) is 39.0 Å². The van der Waals surface area contributed by atoms with E-state index >= 15 is 0 Å². The van der Waals surface area contributed by atoms with Crippen LogP contribution in [0.1, 0.15) is 0 Å². The molecule has 4 nitrogen and oxygen atoms in total. The largest absolute Gasteiger partial charge is 2.00 e. The van der Waals surface area contributed by atoms with Gasteiger partial charge in [0.15, 0.2) is 0 Å². The van der Waals surface area contributed by atoms with Crippen molar-refractivity contribution in [1.82, 2.24) is 0 Å². The van der Waals surface area contributed by atoms with Crippen LogP contribution in [0.15, 0.2) is 0 Å². The Labute approximate surface area is 66.8 Å². The van der Waals surface area contributed by atoms with Crippen LogP contribution in [0.2, 0.25) is 0 Å². The van der Waals surface area contributed by atoms with Crippen molar-refractivity contribution < 1.29 is 56.5 Å². The first-order valence-corrected chi connectivity index (χ1v) is 2.00. The molecule has 0 aromatic rings. The zero-order valence-corrected chi connectivity index (χ0v) is 10.2. The molecule has 0 fully saturated rings. The Morgan fingerprint density at radius 1 is 1.14 bits per heavy atom. The van der Waals surface area contributed by atoms with E-state index < -0.39 is 10.4 Å². The standard InChI is InChI=1S/H2O4S.2Zn/c1-5(2,3)4;;/h(H2,1,2,3,4);;/q;;+2/p-2. The third-order valence-electron chi connectivity index (χ3n) is 0. The van der Waals surface area contributed by atoms with Gasteiger partial charge in [-0.1, -0.05) is 0 Å². The SMILES string of the molecule is O=S(=O)([O-])[O-].[Zn+2].[Zn]. The summed E-state index contributed by atoms with van der Waals surface area (Å²) >= 11 is 0. The van der Waals surface area contributed by atoms with Gasteiger partial charge in [0.1, 0.15) is 0 Å². The average molecular weight is 227 g/mol. The summed E-state index contributed by atoms with van der Waals surface area (Å²) < 4.78 is 34.1. The second kappa shape index (κ2) is 5.26. The third-order valence-corrected chi connectivity index (χ3v) is 0. The van der Waals surface area contributed by atoms with Crippen molar-refractivity contribution in [3.8, 4) is 0 Å². The second-order valence-corrected chi connectivity index (χ2v) is 1.22. The van der Waals surface area contributed by atoms with E-state index in [0.717, 1.165) is 0 Å². The fourth-order valence-electron chi connectivity index (χ4n) is 0. The van der Waals surface area contributed by atoms with Crippen molar-refractivity contribution in [2.24, 2.45) is 0 Å². The summed E-state index contributed by atoms with van der Waals surface area (Å²) in [6, 6.07) is 0. The minimum atomic E-state index is -5.17. The third kappa shape index (κ3) is 149. The minimum Gasteiger partial charge on any atom is -0.759 e. The molecule has 0 saturated heterocycles. The Morgan fingerprint density at radius 2 is 1.14 bits per heavy atom. The summed E-state index contributed by atoms with van der Waals surface area (Å²) in [5.41, 5.74) is 0. The van der Waals surface area contributed by atoms with E-state index in [1.165, 1.54) is 0 Å². The first-order valence-electron chi connectivity index (χ1n) is 0.667. The molecule has 0 aliphatic heterocycles. The van der Waals surface area contributed by atoms with Crippen LogP contribution in [0, 0.1) is 0 Å². The molecule has 0 rings (SSSR count). The topological polar surface area (TPSA) is 80.3 Å². The molecule has 0 radical (unpaired) electrons. The fourth-order valence-corrected chi connectivity index (χ4v) is 0. The maximum Gasteiger partial charge on any atom is 2.00 e. The van der Waals surface area contributed by atoms with Crippen molar-refractivity contribution in [3.63, 3.8) is 0 Å². The van der Waals surface area contributed by atoms with Crippen molar-refractivity contribution in [1.29, 1.82) is 0 Å². The molecule has 0 heterocycles. The Balaban J connectivity index is -0.0000000800. The minimum absolute atomic E-state index is 0. The zero-order chi connectivity index (χ0) is 4.50. The van der Waals surface area contributed by atoms with E-state index in [9.17, 15) is 0 Å². The molecule has 0 aromatic carbocycles. The monoisotopic (exact) mass is 224 g/mol. The van der Waals surface area contributed by atoms with Gasteiger partial charge < -0.3 is 9.11 Å². The van der Waals surface area contributed by atoms with Crippen LogP contribution in [0.25, 0.3) is 0 Å². The van der Waals surface area contributed by atoms with Gasteiger partial charge in [-0.3, -0.25) is 8.42 Å². The van der Waals surface area contributed by atoms with Gasteiger partial charge in [0, 0.05) is 29.9 Å². The Kier molecular flexibility index (Phi) is 11.8. The maximum atomic E-state index is 8.52. The molecule has 0 unspecified atom stereocenters. The van der Waals surface area contributed by atoms with Gasteiger partial charge in [-0.05, 0) is 0 Å². The Morgan fingerprint density at radius 3 is 1.14 bits per heavy atom. The normalized spacial score (nSPS) is 8.29. The van der Waals surface area contributed by atoms with Gasteiger partial charge in [-0.25, -0.2) is 0 Å². The number of hydrogen-bond acceptors (Lipinski definition) is 4. The van der Waals surface area contributed by atoms with Gasteiger partial charge in [-0.2, -0.15) is 0 Å². The van der Waals surface area contributed by atoms with Crippen LogP contribution in [0.4, 0.5) is 0 Å². The van der Waals surface area contributed by atoms with Crippen LogP contribution in [-0.4, -0.2) is 17.5 Å². The van der Waals surface area contributed by atoms with Crippen LogP contribution in [-0.2, 0) is 49.4 Å². The van der Waals surface area contributed by atoms with Gasteiger partial charge >= 0.3 is 19.5 Å². The molecule has 0 amide bonds. The van der Waals surface area contributed by atoms with E-state index in [2.05, 4.69) is 0 Å². The molecule has 0 aromatic heterocycles. The van der Waals surface area contributed by atoms with Crippen LogP contribution >= 0.6 is 0 Å². The summed E-state index contributed by atoms with van der Waals surface area (Å²) in [5.74, 6) is 0. The molecule has 0 bridgehead atoms. The summed E-state index contributed by atoms with van der Waals surface area (Å²) in [5, 5.41) is 0. The molecular weight excluding hydrogens is 227 g/mol. The van der Waals surface area contributed by atoms with Gasteiger partial charge in [0.25, 0.3) is 0 Å². The summed E-state index contributed by atoms with van der Waals surface area (Å²) in [6.45, 7) is 0. The maximum absolute atomic E-state index is 8.52. The smallest absolute Gasteiger partial charge is 0.759 e. The molecule has 0 saturated carbocycles. The molecule has 0 N–H and O–H groups in total. The van der Waals surface area contributed by atoms with E-state index in [1.54, 1.807) is 0 Å². The van der Waals surface area contributed by atoms with Crippen molar-refractivity contribution in [3.05, 3.63) is 0 Å². The predicted octanol–water partition coefficient (Wildman–Crippen LogP) is -1.34. The first kappa shape index (κ1) is 15.7. The van der Waals surface area contributed by atoms with E-state index in [1.807, 2.05) is 0 Å². The van der Waals surface area contributed by atoms with Crippen molar-refractivity contribution in [2.75, 3.05) is 0 Å². The molecule has 0 aliphatic carbocycles. The number of rotatable bonds is 0. The zero-order valence-electron chi connectivity index (χ0n) is 3.46. The number of hydrogen-bond donors (Lipinski definition) is 0. The summed E-state index contributed by atoms with van der Waals surface area (Å²) in [7, 11) is -5.17. The van der Waals surface area contributed by atoms with Gasteiger partial charge in [-0.15, -0.1) is 0 Å². The predicted molar refractivity (Wildman–Crippen MR) is 10.5 cm³/mol. The average Bonchev–Trinajstić information content (AvgIpc) is 0.722. The molecule has 0 atom stereocenters. The molecule has 34 valence electrons. The van der Waals surface area contributed by atoms with Crippen LogP contribution in [0.5, 0.6) is 0 Å². The molecule has 7 heavy (non-hydrogen) atoms. The van der Waals surface area contributed by atoms with E-state index in [0.29, 0.717) is 0 Å². The molecular formula is O4SZn2. The first-order chi connectivity index (χ1) is 2.00. The van der Waals surface area contributed by atoms with E-state index in [4.69, 9.17) is 17.5 Å². The summed E-state index contributed by atoms with van der Waals surface area (Å²) in [6.07, 6.45) is 0. The molecule has 0 spiro atoms. The molecule has 7 heteroatoms. The van der Waals surface area contributed by atoms with Crippen LogP contribution in [0.3, 0.4) is 0 Å². The summed E-state index contributed by atoms with van der Waals surface area (Å²) in [4.78, 5) is 0. The van der Waals surface area contributed by atoms with Crippen LogP contribution < -0.4 is 0 Å². The molecule has 0 aliphatic rings. The second-order valence-electron chi connectivity index (χ2n) is 0.408. The quantitative estimate of drug-likeness (QED) is 0.291.